The molecule has 3 rings (SSSR count). The Morgan fingerprint density at radius 1 is 1.06 bits per heavy atom. The zero-order valence-corrected chi connectivity index (χ0v) is 21.8. The lowest BCUT2D eigenvalue weighted by atomic mass is 10.2. The van der Waals surface area contributed by atoms with Crippen LogP contribution >= 0.6 is 11.8 Å². The van der Waals surface area contributed by atoms with Crippen LogP contribution in [0.1, 0.15) is 42.5 Å². The van der Waals surface area contributed by atoms with Gasteiger partial charge in [-0.3, -0.25) is 9.59 Å². The topological polar surface area (TPSA) is 89.3 Å². The van der Waals surface area contributed by atoms with Gasteiger partial charge in [-0.15, -0.1) is 10.2 Å². The van der Waals surface area contributed by atoms with E-state index in [1.807, 2.05) is 16.7 Å². The summed E-state index contributed by atoms with van der Waals surface area (Å²) < 4.78 is 7.95. The average molecular weight is 496 g/mol. The molecule has 0 unspecified atom stereocenters. The molecular formula is C26H33N5O3S. The Hall–Kier alpha value is -3.33. The van der Waals surface area contributed by atoms with Gasteiger partial charge in [0.2, 0.25) is 5.91 Å². The van der Waals surface area contributed by atoms with Crippen molar-refractivity contribution in [3.05, 3.63) is 65.5 Å². The molecular weight excluding hydrogens is 462 g/mol. The van der Waals surface area contributed by atoms with E-state index in [0.29, 0.717) is 28.9 Å². The Morgan fingerprint density at radius 3 is 2.34 bits per heavy atom. The smallest absolute Gasteiger partial charge is 0.253 e. The number of hydrogen-bond acceptors (Lipinski definition) is 6. The molecule has 1 aromatic heterocycles. The summed E-state index contributed by atoms with van der Waals surface area (Å²) in [7, 11) is 3.41. The van der Waals surface area contributed by atoms with Crippen LogP contribution in [0.2, 0.25) is 0 Å². The minimum absolute atomic E-state index is 0.0827. The highest BCUT2D eigenvalue weighted by atomic mass is 32.2. The number of ether oxygens (including phenoxy) is 1. The number of aromatic nitrogens is 3. The fourth-order valence-corrected chi connectivity index (χ4v) is 4.10. The van der Waals surface area contributed by atoms with Gasteiger partial charge in [-0.1, -0.05) is 44.7 Å². The van der Waals surface area contributed by atoms with E-state index in [1.54, 1.807) is 38.4 Å². The second-order valence-electron chi connectivity index (χ2n) is 8.80. The highest BCUT2D eigenvalue weighted by Gasteiger charge is 2.16. The summed E-state index contributed by atoms with van der Waals surface area (Å²) in [6, 6.07) is 14.9. The maximum atomic E-state index is 12.5. The zero-order chi connectivity index (χ0) is 25.4. The average Bonchev–Trinajstić information content (AvgIpc) is 3.22. The van der Waals surface area contributed by atoms with Crippen molar-refractivity contribution in [3.8, 4) is 5.75 Å². The number of rotatable bonds is 11. The van der Waals surface area contributed by atoms with Crippen molar-refractivity contribution in [2.45, 2.75) is 45.5 Å². The molecule has 0 aliphatic carbocycles. The molecule has 0 fully saturated rings. The lowest BCUT2D eigenvalue weighted by molar-refractivity contribution is -0.113. The van der Waals surface area contributed by atoms with E-state index in [1.165, 1.54) is 22.2 Å². The first-order valence-electron chi connectivity index (χ1n) is 11.6. The first-order chi connectivity index (χ1) is 16.8. The number of anilines is 1. The molecule has 35 heavy (non-hydrogen) atoms. The molecule has 0 saturated heterocycles. The van der Waals surface area contributed by atoms with Gasteiger partial charge in [-0.05, 0) is 54.3 Å². The fourth-order valence-electron chi connectivity index (χ4n) is 3.33. The lowest BCUT2D eigenvalue weighted by Crippen LogP contribution is -2.21. The largest absolute Gasteiger partial charge is 0.486 e. The van der Waals surface area contributed by atoms with E-state index in [-0.39, 0.29) is 17.6 Å². The predicted octanol–water partition coefficient (Wildman–Crippen LogP) is 4.51. The van der Waals surface area contributed by atoms with Crippen LogP contribution in [0.4, 0.5) is 5.69 Å². The highest BCUT2D eigenvalue weighted by molar-refractivity contribution is 7.99. The summed E-state index contributed by atoms with van der Waals surface area (Å²) in [4.78, 5) is 26.1. The first kappa shape index (κ1) is 26.3. The second kappa shape index (κ2) is 12.4. The molecule has 0 aliphatic heterocycles. The summed E-state index contributed by atoms with van der Waals surface area (Å²) >= 11 is 1.34. The SMILES string of the molecule is CCc1ccc(OCc2nnc(SCC(=O)Nc3ccc(C(=O)N(C)C)cc3)n2CC(C)C)cc1. The molecule has 1 heterocycles. The number of carbonyl (C=O) groups excluding carboxylic acids is 2. The van der Waals surface area contributed by atoms with Crippen LogP contribution in [0, 0.1) is 5.92 Å². The Kier molecular flexibility index (Phi) is 9.31. The van der Waals surface area contributed by atoms with Crippen molar-refractivity contribution in [1.29, 1.82) is 0 Å². The third-order valence-corrected chi connectivity index (χ3v) is 6.16. The fraction of sp³-hybridized carbons (Fsp3) is 0.385. The second-order valence-corrected chi connectivity index (χ2v) is 9.75. The number of benzene rings is 2. The van der Waals surface area contributed by atoms with Crippen LogP contribution in [0.15, 0.2) is 53.7 Å². The number of nitrogens with zero attached hydrogens (tertiary/aromatic N) is 4. The molecule has 2 amide bonds. The number of aryl methyl sites for hydroxylation is 1. The maximum Gasteiger partial charge on any atom is 0.253 e. The van der Waals surface area contributed by atoms with Gasteiger partial charge in [0.25, 0.3) is 5.91 Å². The van der Waals surface area contributed by atoms with Gasteiger partial charge in [0.1, 0.15) is 12.4 Å². The van der Waals surface area contributed by atoms with Crippen LogP contribution < -0.4 is 10.1 Å². The number of thioether (sulfide) groups is 1. The third kappa shape index (κ3) is 7.58. The number of hydrogen-bond donors (Lipinski definition) is 1. The molecule has 0 saturated carbocycles. The van der Waals surface area contributed by atoms with Crippen molar-refractivity contribution < 1.29 is 14.3 Å². The molecule has 186 valence electrons. The Bertz CT molecular complexity index is 1120. The van der Waals surface area contributed by atoms with Gasteiger partial charge in [0.15, 0.2) is 11.0 Å². The van der Waals surface area contributed by atoms with E-state index in [2.05, 4.69) is 48.4 Å². The van der Waals surface area contributed by atoms with Crippen LogP contribution in [0.5, 0.6) is 5.75 Å². The van der Waals surface area contributed by atoms with E-state index < -0.39 is 0 Å². The molecule has 9 heteroatoms. The van der Waals surface area contributed by atoms with E-state index >= 15 is 0 Å². The first-order valence-corrected chi connectivity index (χ1v) is 12.6. The van der Waals surface area contributed by atoms with Gasteiger partial charge < -0.3 is 19.5 Å². The molecule has 2 aromatic carbocycles. The van der Waals surface area contributed by atoms with Gasteiger partial charge in [-0.25, -0.2) is 0 Å². The third-order valence-electron chi connectivity index (χ3n) is 5.19. The molecule has 0 radical (unpaired) electrons. The maximum absolute atomic E-state index is 12.5. The number of carbonyl (C=O) groups is 2. The lowest BCUT2D eigenvalue weighted by Gasteiger charge is -2.13. The van der Waals surface area contributed by atoms with Crippen LogP contribution in [0.3, 0.4) is 0 Å². The van der Waals surface area contributed by atoms with Crippen LogP contribution in [-0.4, -0.2) is 51.3 Å². The summed E-state index contributed by atoms with van der Waals surface area (Å²) in [6.45, 7) is 7.40. The van der Waals surface area contributed by atoms with Gasteiger partial charge in [0, 0.05) is 31.9 Å². The summed E-state index contributed by atoms with van der Waals surface area (Å²) in [5, 5.41) is 12.2. The van der Waals surface area contributed by atoms with Gasteiger partial charge in [-0.2, -0.15) is 0 Å². The molecule has 0 spiro atoms. The summed E-state index contributed by atoms with van der Waals surface area (Å²) in [5.41, 5.74) is 2.47. The Morgan fingerprint density at radius 2 is 1.74 bits per heavy atom. The molecule has 0 atom stereocenters. The molecule has 0 bridgehead atoms. The van der Waals surface area contributed by atoms with E-state index in [9.17, 15) is 9.59 Å². The quantitative estimate of drug-likeness (QED) is 0.394. The Balaban J connectivity index is 1.60. The van der Waals surface area contributed by atoms with Crippen molar-refractivity contribution in [2.75, 3.05) is 25.2 Å². The Labute approximate surface area is 211 Å². The van der Waals surface area contributed by atoms with Crippen LogP contribution in [0.25, 0.3) is 0 Å². The van der Waals surface area contributed by atoms with Crippen LogP contribution in [-0.2, 0) is 24.4 Å². The monoisotopic (exact) mass is 495 g/mol. The van der Waals surface area contributed by atoms with Gasteiger partial charge >= 0.3 is 0 Å². The minimum Gasteiger partial charge on any atom is -0.486 e. The van der Waals surface area contributed by atoms with Crippen molar-refractivity contribution >= 4 is 29.3 Å². The number of amides is 2. The van der Waals surface area contributed by atoms with E-state index in [4.69, 9.17) is 4.74 Å². The molecule has 1 N–H and O–H groups in total. The highest BCUT2D eigenvalue weighted by Crippen LogP contribution is 2.21. The minimum atomic E-state index is -0.158. The number of nitrogens with one attached hydrogen (secondary N) is 1. The van der Waals surface area contributed by atoms with E-state index in [0.717, 1.165) is 24.5 Å². The molecule has 3 aromatic rings. The predicted molar refractivity (Wildman–Crippen MR) is 139 cm³/mol. The molecule has 8 nitrogen and oxygen atoms in total. The standard InChI is InChI=1S/C26H33N5O3S/c1-6-19-7-13-22(14-8-19)34-16-23-28-29-26(31(23)15-18(2)3)35-17-24(32)27-21-11-9-20(10-12-21)25(33)30(4)5/h7-14,18H,6,15-17H2,1-5H3,(H,27,32). The normalized spacial score (nSPS) is 10.9. The van der Waals surface area contributed by atoms with Crippen molar-refractivity contribution in [3.63, 3.8) is 0 Å². The van der Waals surface area contributed by atoms with Gasteiger partial charge in [0.05, 0.1) is 5.75 Å². The van der Waals surface area contributed by atoms with Crippen molar-refractivity contribution in [1.82, 2.24) is 19.7 Å². The zero-order valence-electron chi connectivity index (χ0n) is 20.9. The summed E-state index contributed by atoms with van der Waals surface area (Å²) in [6.07, 6.45) is 0.985. The molecule has 0 aliphatic rings. The summed E-state index contributed by atoms with van der Waals surface area (Å²) in [5.74, 6) is 1.84. The van der Waals surface area contributed by atoms with Crippen molar-refractivity contribution in [2.24, 2.45) is 5.92 Å².